The van der Waals surface area contributed by atoms with Crippen molar-refractivity contribution in [1.29, 1.82) is 0 Å². The van der Waals surface area contributed by atoms with Crippen molar-refractivity contribution in [1.82, 2.24) is 15.3 Å². The van der Waals surface area contributed by atoms with Gasteiger partial charge in [0.15, 0.2) is 0 Å². The third-order valence-electron chi connectivity index (χ3n) is 3.65. The molecule has 1 aromatic heterocycles. The molecule has 92 valence electrons. The van der Waals surface area contributed by atoms with Crippen LogP contribution in [0.3, 0.4) is 0 Å². The number of nitrogens with one attached hydrogen (secondary N) is 1. The van der Waals surface area contributed by atoms with Crippen molar-refractivity contribution < 1.29 is 13.2 Å². The molecule has 2 fully saturated rings. The molecule has 1 saturated heterocycles. The summed E-state index contributed by atoms with van der Waals surface area (Å²) >= 11 is 0. The molecule has 1 aliphatic heterocycles. The van der Waals surface area contributed by atoms with Crippen molar-refractivity contribution in [2.24, 2.45) is 0 Å². The SMILES string of the molecule is FC(F)(F)C1(c2ncc(C3CNC3)cn2)CC1. The van der Waals surface area contributed by atoms with Gasteiger partial charge in [-0.05, 0) is 18.4 Å². The molecule has 2 aliphatic rings. The van der Waals surface area contributed by atoms with Crippen molar-refractivity contribution in [3.05, 3.63) is 23.8 Å². The average molecular weight is 243 g/mol. The summed E-state index contributed by atoms with van der Waals surface area (Å²) in [4.78, 5) is 7.85. The molecule has 0 spiro atoms. The Kier molecular flexibility index (Phi) is 2.20. The van der Waals surface area contributed by atoms with Gasteiger partial charge in [-0.3, -0.25) is 0 Å². The zero-order valence-electron chi connectivity index (χ0n) is 9.09. The van der Waals surface area contributed by atoms with E-state index in [2.05, 4.69) is 15.3 Å². The van der Waals surface area contributed by atoms with Gasteiger partial charge in [0.1, 0.15) is 11.2 Å². The minimum atomic E-state index is -4.23. The van der Waals surface area contributed by atoms with Crippen LogP contribution < -0.4 is 5.32 Å². The van der Waals surface area contributed by atoms with Crippen LogP contribution in [0.2, 0.25) is 0 Å². The molecule has 6 heteroatoms. The summed E-state index contributed by atoms with van der Waals surface area (Å²) in [6, 6.07) is 0. The largest absolute Gasteiger partial charge is 0.401 e. The number of aromatic nitrogens is 2. The number of hydrogen-bond donors (Lipinski definition) is 1. The Balaban J connectivity index is 1.85. The molecular weight excluding hydrogens is 231 g/mol. The minimum Gasteiger partial charge on any atom is -0.315 e. The van der Waals surface area contributed by atoms with E-state index >= 15 is 0 Å². The number of alkyl halides is 3. The van der Waals surface area contributed by atoms with Crippen LogP contribution in [0.1, 0.15) is 30.1 Å². The maximum absolute atomic E-state index is 12.8. The quantitative estimate of drug-likeness (QED) is 0.860. The Labute approximate surface area is 96.5 Å². The van der Waals surface area contributed by atoms with E-state index in [0.29, 0.717) is 5.92 Å². The molecule has 1 aromatic rings. The molecule has 0 unspecified atom stereocenters. The van der Waals surface area contributed by atoms with Crippen LogP contribution in [-0.2, 0) is 5.41 Å². The van der Waals surface area contributed by atoms with E-state index in [1.165, 1.54) is 0 Å². The third kappa shape index (κ3) is 1.62. The first kappa shape index (κ1) is 11.0. The summed E-state index contributed by atoms with van der Waals surface area (Å²) in [7, 11) is 0. The van der Waals surface area contributed by atoms with Crippen molar-refractivity contribution >= 4 is 0 Å². The molecule has 0 atom stereocenters. The highest BCUT2D eigenvalue weighted by Crippen LogP contribution is 2.57. The molecule has 3 rings (SSSR count). The lowest BCUT2D eigenvalue weighted by Gasteiger charge is -2.27. The molecule has 1 aliphatic carbocycles. The van der Waals surface area contributed by atoms with E-state index in [-0.39, 0.29) is 18.7 Å². The van der Waals surface area contributed by atoms with Crippen LogP contribution in [0, 0.1) is 0 Å². The van der Waals surface area contributed by atoms with E-state index in [9.17, 15) is 13.2 Å². The van der Waals surface area contributed by atoms with Crippen molar-refractivity contribution in [3.8, 4) is 0 Å². The molecule has 0 radical (unpaired) electrons. The summed E-state index contributed by atoms with van der Waals surface area (Å²) in [5.41, 5.74) is -0.839. The van der Waals surface area contributed by atoms with Crippen molar-refractivity contribution in [2.75, 3.05) is 13.1 Å². The normalized spacial score (nSPS) is 23.2. The van der Waals surface area contributed by atoms with Crippen LogP contribution in [0.4, 0.5) is 13.2 Å². The zero-order valence-corrected chi connectivity index (χ0v) is 9.09. The maximum Gasteiger partial charge on any atom is 0.401 e. The fourth-order valence-electron chi connectivity index (χ4n) is 2.08. The molecule has 0 aromatic carbocycles. The first-order valence-corrected chi connectivity index (χ1v) is 5.63. The summed E-state index contributed by atoms with van der Waals surface area (Å²) in [6.07, 6.45) is -0.923. The zero-order chi connectivity index (χ0) is 12.1. The number of halogens is 3. The van der Waals surface area contributed by atoms with Gasteiger partial charge in [0.2, 0.25) is 0 Å². The third-order valence-corrected chi connectivity index (χ3v) is 3.65. The molecule has 3 nitrogen and oxygen atoms in total. The van der Waals surface area contributed by atoms with Gasteiger partial charge in [-0.15, -0.1) is 0 Å². The first-order valence-electron chi connectivity index (χ1n) is 5.63. The Hall–Kier alpha value is -1.17. The molecule has 17 heavy (non-hydrogen) atoms. The lowest BCUT2D eigenvalue weighted by Crippen LogP contribution is -2.40. The standard InChI is InChI=1S/C11H12F3N3/c12-11(13,14)10(1-2-10)9-16-5-8(6-17-9)7-3-15-4-7/h5-7,15H,1-4H2. The first-order chi connectivity index (χ1) is 8.03. The highest BCUT2D eigenvalue weighted by molar-refractivity contribution is 5.24. The van der Waals surface area contributed by atoms with Crippen LogP contribution in [0.15, 0.2) is 12.4 Å². The fraction of sp³-hybridized carbons (Fsp3) is 0.636. The number of rotatable bonds is 2. The topological polar surface area (TPSA) is 37.8 Å². The van der Waals surface area contributed by atoms with Crippen LogP contribution in [0.5, 0.6) is 0 Å². The molecule has 0 bridgehead atoms. The van der Waals surface area contributed by atoms with Crippen LogP contribution >= 0.6 is 0 Å². The molecule has 1 N–H and O–H groups in total. The predicted octanol–water partition coefficient (Wildman–Crippen LogP) is 1.76. The smallest absolute Gasteiger partial charge is 0.315 e. The van der Waals surface area contributed by atoms with Gasteiger partial charge in [0, 0.05) is 31.4 Å². The highest BCUT2D eigenvalue weighted by atomic mass is 19.4. The lowest BCUT2D eigenvalue weighted by atomic mass is 9.96. The summed E-state index contributed by atoms with van der Waals surface area (Å²) in [6.45, 7) is 1.71. The summed E-state index contributed by atoms with van der Waals surface area (Å²) < 4.78 is 38.5. The van der Waals surface area contributed by atoms with Crippen LogP contribution in [-0.4, -0.2) is 29.2 Å². The van der Waals surface area contributed by atoms with Gasteiger partial charge >= 0.3 is 6.18 Å². The van der Waals surface area contributed by atoms with E-state index in [1.807, 2.05) is 0 Å². The molecule has 2 heterocycles. The van der Waals surface area contributed by atoms with Crippen molar-refractivity contribution in [3.63, 3.8) is 0 Å². The van der Waals surface area contributed by atoms with Gasteiger partial charge in [0.05, 0.1) is 0 Å². The molecule has 1 saturated carbocycles. The second kappa shape index (κ2) is 3.41. The van der Waals surface area contributed by atoms with Gasteiger partial charge < -0.3 is 5.32 Å². The summed E-state index contributed by atoms with van der Waals surface area (Å²) in [5, 5.41) is 3.11. The average Bonchev–Trinajstić information content (AvgIpc) is 2.95. The van der Waals surface area contributed by atoms with E-state index < -0.39 is 11.6 Å². The second-order valence-electron chi connectivity index (χ2n) is 4.78. The number of hydrogen-bond acceptors (Lipinski definition) is 3. The van der Waals surface area contributed by atoms with Gasteiger partial charge in [0.25, 0.3) is 0 Å². The number of nitrogens with zero attached hydrogens (tertiary/aromatic N) is 2. The van der Waals surface area contributed by atoms with Gasteiger partial charge in [-0.1, -0.05) is 0 Å². The predicted molar refractivity (Wildman–Crippen MR) is 54.6 cm³/mol. The lowest BCUT2D eigenvalue weighted by molar-refractivity contribution is -0.162. The van der Waals surface area contributed by atoms with Crippen molar-refractivity contribution in [2.45, 2.75) is 30.4 Å². The minimum absolute atomic E-state index is 0.0685. The Morgan fingerprint density at radius 3 is 2.12 bits per heavy atom. The van der Waals surface area contributed by atoms with Gasteiger partial charge in [-0.25, -0.2) is 9.97 Å². The summed E-state index contributed by atoms with van der Waals surface area (Å²) in [5.74, 6) is 0.283. The van der Waals surface area contributed by atoms with Crippen LogP contribution in [0.25, 0.3) is 0 Å². The Morgan fingerprint density at radius 2 is 1.76 bits per heavy atom. The Bertz CT molecular complexity index is 419. The molecule has 0 amide bonds. The van der Waals surface area contributed by atoms with E-state index in [1.54, 1.807) is 12.4 Å². The Morgan fingerprint density at radius 1 is 1.18 bits per heavy atom. The van der Waals surface area contributed by atoms with E-state index in [0.717, 1.165) is 18.7 Å². The van der Waals surface area contributed by atoms with Gasteiger partial charge in [-0.2, -0.15) is 13.2 Å². The maximum atomic E-state index is 12.8. The monoisotopic (exact) mass is 243 g/mol. The molecular formula is C11H12F3N3. The van der Waals surface area contributed by atoms with E-state index in [4.69, 9.17) is 0 Å². The highest BCUT2D eigenvalue weighted by Gasteiger charge is 2.66. The second-order valence-corrected chi connectivity index (χ2v) is 4.78. The fourth-order valence-corrected chi connectivity index (χ4v) is 2.08.